The molecule has 4 nitrogen and oxygen atoms in total. The van der Waals surface area contributed by atoms with Gasteiger partial charge in [-0.1, -0.05) is 6.08 Å². The van der Waals surface area contributed by atoms with Gasteiger partial charge in [0.1, 0.15) is 5.65 Å². The molecule has 0 aromatic carbocycles. The minimum absolute atomic E-state index is 0.936. The maximum Gasteiger partial charge on any atom is 0.138 e. The largest absolute Gasteiger partial charge is 0.346 e. The van der Waals surface area contributed by atoms with Gasteiger partial charge in [-0.25, -0.2) is 4.98 Å². The molecule has 0 saturated heterocycles. The standard InChI is InChI=1S/C17H16N4/c1-2-13(10-19-7-1)16-4-3-14-15(11-20-17(14)21-16)12-5-8-18-9-6-12/h1-5,7,10-11,18H,6,8-9H2,(H,20,21). The van der Waals surface area contributed by atoms with Crippen LogP contribution in [0.5, 0.6) is 0 Å². The minimum Gasteiger partial charge on any atom is -0.346 e. The molecule has 4 heteroatoms. The topological polar surface area (TPSA) is 53.6 Å². The van der Waals surface area contributed by atoms with E-state index < -0.39 is 0 Å². The molecule has 3 aromatic rings. The van der Waals surface area contributed by atoms with Crippen molar-refractivity contribution in [2.24, 2.45) is 0 Å². The van der Waals surface area contributed by atoms with Crippen molar-refractivity contribution in [3.05, 3.63) is 54.5 Å². The molecule has 104 valence electrons. The van der Waals surface area contributed by atoms with Gasteiger partial charge in [-0.05, 0) is 42.8 Å². The van der Waals surface area contributed by atoms with Gasteiger partial charge in [0.2, 0.25) is 0 Å². The molecule has 0 radical (unpaired) electrons. The number of H-pyrrole nitrogens is 1. The lowest BCUT2D eigenvalue weighted by molar-refractivity contribution is 0.739. The lowest BCUT2D eigenvalue weighted by Gasteiger charge is -2.13. The molecule has 1 aliphatic heterocycles. The number of rotatable bonds is 2. The van der Waals surface area contributed by atoms with E-state index in [1.165, 1.54) is 16.5 Å². The molecular formula is C17H16N4. The SMILES string of the molecule is C1=C(c2c[nH]c3nc(-c4cccnc4)ccc23)CCNC1. The van der Waals surface area contributed by atoms with Crippen LogP contribution in [0.1, 0.15) is 12.0 Å². The number of pyridine rings is 2. The van der Waals surface area contributed by atoms with E-state index in [2.05, 4.69) is 39.7 Å². The summed E-state index contributed by atoms with van der Waals surface area (Å²) in [5, 5.41) is 4.54. The summed E-state index contributed by atoms with van der Waals surface area (Å²) in [5.74, 6) is 0. The van der Waals surface area contributed by atoms with Crippen molar-refractivity contribution in [3.8, 4) is 11.3 Å². The van der Waals surface area contributed by atoms with Crippen LogP contribution < -0.4 is 5.32 Å². The maximum atomic E-state index is 4.72. The van der Waals surface area contributed by atoms with Crippen LogP contribution in [-0.4, -0.2) is 28.0 Å². The summed E-state index contributed by atoms with van der Waals surface area (Å²) in [6.07, 6.45) is 9.02. The Balaban J connectivity index is 1.79. The van der Waals surface area contributed by atoms with Crippen molar-refractivity contribution in [1.29, 1.82) is 0 Å². The molecule has 2 N–H and O–H groups in total. The molecule has 0 spiro atoms. The molecule has 0 unspecified atom stereocenters. The zero-order valence-corrected chi connectivity index (χ0v) is 11.6. The van der Waals surface area contributed by atoms with Crippen LogP contribution in [0.4, 0.5) is 0 Å². The van der Waals surface area contributed by atoms with Gasteiger partial charge in [-0.2, -0.15) is 0 Å². The van der Waals surface area contributed by atoms with E-state index in [9.17, 15) is 0 Å². The van der Waals surface area contributed by atoms with Crippen LogP contribution in [-0.2, 0) is 0 Å². The number of hydrogen-bond donors (Lipinski definition) is 2. The number of hydrogen-bond acceptors (Lipinski definition) is 3. The fourth-order valence-corrected chi connectivity index (χ4v) is 2.81. The highest BCUT2D eigenvalue weighted by Crippen LogP contribution is 2.28. The molecule has 3 aromatic heterocycles. The summed E-state index contributed by atoms with van der Waals surface area (Å²) in [6.45, 7) is 1.99. The van der Waals surface area contributed by atoms with Crippen molar-refractivity contribution >= 4 is 16.6 Å². The van der Waals surface area contributed by atoms with Gasteiger partial charge in [0.05, 0.1) is 5.69 Å². The Bertz CT molecular complexity index is 802. The van der Waals surface area contributed by atoms with E-state index >= 15 is 0 Å². The summed E-state index contributed by atoms with van der Waals surface area (Å²) < 4.78 is 0. The van der Waals surface area contributed by atoms with Crippen LogP contribution in [0.25, 0.3) is 27.9 Å². The van der Waals surface area contributed by atoms with Crippen molar-refractivity contribution < 1.29 is 0 Å². The van der Waals surface area contributed by atoms with Crippen molar-refractivity contribution in [1.82, 2.24) is 20.3 Å². The molecule has 0 bridgehead atoms. The summed E-state index contributed by atoms with van der Waals surface area (Å²) in [4.78, 5) is 12.2. The van der Waals surface area contributed by atoms with Crippen LogP contribution in [0.15, 0.2) is 48.9 Å². The van der Waals surface area contributed by atoms with Gasteiger partial charge in [0, 0.05) is 41.6 Å². The lowest BCUT2D eigenvalue weighted by atomic mass is 10.0. The molecule has 0 atom stereocenters. The molecule has 21 heavy (non-hydrogen) atoms. The summed E-state index contributed by atoms with van der Waals surface area (Å²) in [6, 6.07) is 8.18. The highest BCUT2D eigenvalue weighted by atomic mass is 14.9. The predicted octanol–water partition coefficient (Wildman–Crippen LogP) is 3.00. The Labute approximate surface area is 122 Å². The van der Waals surface area contributed by atoms with Crippen LogP contribution in [0, 0.1) is 0 Å². The van der Waals surface area contributed by atoms with E-state index in [1.807, 2.05) is 18.3 Å². The Kier molecular flexibility index (Phi) is 3.01. The van der Waals surface area contributed by atoms with Gasteiger partial charge < -0.3 is 10.3 Å². The third-order valence-corrected chi connectivity index (χ3v) is 3.91. The third kappa shape index (κ3) is 2.23. The van der Waals surface area contributed by atoms with Gasteiger partial charge in [0.15, 0.2) is 0 Å². The van der Waals surface area contributed by atoms with E-state index in [0.29, 0.717) is 0 Å². The van der Waals surface area contributed by atoms with Crippen LogP contribution in [0.3, 0.4) is 0 Å². The second-order valence-electron chi connectivity index (χ2n) is 5.22. The third-order valence-electron chi connectivity index (χ3n) is 3.91. The average Bonchev–Trinajstić information content (AvgIpc) is 2.99. The van der Waals surface area contributed by atoms with E-state index in [1.54, 1.807) is 6.20 Å². The molecule has 4 heterocycles. The number of aromatic amines is 1. The first-order valence-electron chi connectivity index (χ1n) is 7.20. The monoisotopic (exact) mass is 276 g/mol. The lowest BCUT2D eigenvalue weighted by Crippen LogP contribution is -2.19. The van der Waals surface area contributed by atoms with Crippen molar-refractivity contribution in [2.45, 2.75) is 6.42 Å². The normalized spacial score (nSPS) is 15.1. The Hall–Kier alpha value is -2.46. The second-order valence-corrected chi connectivity index (χ2v) is 5.22. The molecule has 0 fully saturated rings. The highest BCUT2D eigenvalue weighted by molar-refractivity contribution is 5.92. The minimum atomic E-state index is 0.936. The Morgan fingerprint density at radius 1 is 1.14 bits per heavy atom. The van der Waals surface area contributed by atoms with Crippen LogP contribution in [0.2, 0.25) is 0 Å². The number of fused-ring (bicyclic) bond motifs is 1. The van der Waals surface area contributed by atoms with Crippen LogP contribution >= 0.6 is 0 Å². The second kappa shape index (κ2) is 5.14. The molecule has 4 rings (SSSR count). The number of nitrogens with zero attached hydrogens (tertiary/aromatic N) is 2. The van der Waals surface area contributed by atoms with Gasteiger partial charge in [-0.15, -0.1) is 0 Å². The molecular weight excluding hydrogens is 260 g/mol. The van der Waals surface area contributed by atoms with Crippen molar-refractivity contribution in [3.63, 3.8) is 0 Å². The maximum absolute atomic E-state index is 4.72. The Morgan fingerprint density at radius 3 is 2.95 bits per heavy atom. The smallest absolute Gasteiger partial charge is 0.138 e. The number of nitrogens with one attached hydrogen (secondary N) is 2. The first kappa shape index (κ1) is 12.3. The average molecular weight is 276 g/mol. The fourth-order valence-electron chi connectivity index (χ4n) is 2.81. The van der Waals surface area contributed by atoms with Gasteiger partial charge in [-0.3, -0.25) is 4.98 Å². The van der Waals surface area contributed by atoms with Crippen molar-refractivity contribution in [2.75, 3.05) is 13.1 Å². The first-order valence-corrected chi connectivity index (χ1v) is 7.20. The summed E-state index contributed by atoms with van der Waals surface area (Å²) in [5.41, 5.74) is 5.60. The van der Waals surface area contributed by atoms with Gasteiger partial charge in [0.25, 0.3) is 0 Å². The molecule has 0 saturated carbocycles. The molecule has 0 amide bonds. The predicted molar refractivity (Wildman–Crippen MR) is 84.8 cm³/mol. The summed E-state index contributed by atoms with van der Waals surface area (Å²) >= 11 is 0. The fraction of sp³-hybridized carbons (Fsp3) is 0.176. The highest BCUT2D eigenvalue weighted by Gasteiger charge is 2.12. The molecule has 1 aliphatic rings. The zero-order chi connectivity index (χ0) is 14.1. The Morgan fingerprint density at radius 2 is 2.14 bits per heavy atom. The van der Waals surface area contributed by atoms with Gasteiger partial charge >= 0.3 is 0 Å². The first-order chi connectivity index (χ1) is 10.4. The molecule has 0 aliphatic carbocycles. The van der Waals surface area contributed by atoms with E-state index in [0.717, 1.165) is 36.4 Å². The number of aromatic nitrogens is 3. The van der Waals surface area contributed by atoms with E-state index in [4.69, 9.17) is 4.98 Å². The quantitative estimate of drug-likeness (QED) is 0.756. The summed E-state index contributed by atoms with van der Waals surface area (Å²) in [7, 11) is 0. The van der Waals surface area contributed by atoms with E-state index in [-0.39, 0.29) is 0 Å². The zero-order valence-electron chi connectivity index (χ0n) is 11.6.